The second-order valence-corrected chi connectivity index (χ2v) is 5.86. The normalized spacial score (nSPS) is 11.2. The van der Waals surface area contributed by atoms with Gasteiger partial charge in [-0.3, -0.25) is 9.20 Å². The predicted octanol–water partition coefficient (Wildman–Crippen LogP) is 3.75. The first kappa shape index (κ1) is 13.7. The third-order valence-corrected chi connectivity index (χ3v) is 4.12. The van der Waals surface area contributed by atoms with Gasteiger partial charge in [0.1, 0.15) is 5.65 Å². The summed E-state index contributed by atoms with van der Waals surface area (Å²) < 4.78 is 1.61. The molecule has 0 aliphatic rings. The highest BCUT2D eigenvalue weighted by atomic mass is 16.1. The van der Waals surface area contributed by atoms with E-state index >= 15 is 0 Å². The highest BCUT2D eigenvalue weighted by Gasteiger charge is 2.06. The third kappa shape index (κ3) is 2.50. The molecule has 0 aliphatic carbocycles. The molecule has 4 rings (SSSR count). The summed E-state index contributed by atoms with van der Waals surface area (Å²) in [4.78, 5) is 17.1. The summed E-state index contributed by atoms with van der Waals surface area (Å²) in [7, 11) is 0. The van der Waals surface area contributed by atoms with Crippen molar-refractivity contribution in [2.24, 2.45) is 0 Å². The van der Waals surface area contributed by atoms with Gasteiger partial charge in [-0.05, 0) is 48.7 Å². The van der Waals surface area contributed by atoms with Gasteiger partial charge in [0.05, 0.1) is 10.9 Å². The van der Waals surface area contributed by atoms with E-state index in [2.05, 4.69) is 36.2 Å². The van der Waals surface area contributed by atoms with E-state index in [1.54, 1.807) is 4.40 Å². The van der Waals surface area contributed by atoms with Gasteiger partial charge in [-0.25, -0.2) is 4.98 Å². The minimum atomic E-state index is -0.0208. The average molecular weight is 300 g/mol. The summed E-state index contributed by atoms with van der Waals surface area (Å²) in [6.07, 6.45) is 2.65. The second kappa shape index (κ2) is 5.36. The standard InChI is InChI=1S/C20H16N2O/c1-14-6-8-15(9-7-14)12-16-10-11-22-19(13-16)21-18-5-3-2-4-17(18)20(22)23/h2-11,13H,12H2,1H3. The lowest BCUT2D eigenvalue weighted by Crippen LogP contribution is -2.15. The van der Waals surface area contributed by atoms with Gasteiger partial charge >= 0.3 is 0 Å². The minimum absolute atomic E-state index is 0.0208. The van der Waals surface area contributed by atoms with Crippen LogP contribution in [0.25, 0.3) is 16.6 Å². The van der Waals surface area contributed by atoms with E-state index in [9.17, 15) is 4.79 Å². The van der Waals surface area contributed by atoms with Gasteiger partial charge in [-0.2, -0.15) is 0 Å². The van der Waals surface area contributed by atoms with Crippen LogP contribution in [0.3, 0.4) is 0 Å². The first-order valence-corrected chi connectivity index (χ1v) is 7.66. The van der Waals surface area contributed by atoms with Crippen LogP contribution in [0.1, 0.15) is 16.7 Å². The predicted molar refractivity (Wildman–Crippen MR) is 93.0 cm³/mol. The molecule has 0 spiro atoms. The van der Waals surface area contributed by atoms with Gasteiger partial charge in [-0.15, -0.1) is 0 Å². The van der Waals surface area contributed by atoms with E-state index in [-0.39, 0.29) is 5.56 Å². The Morgan fingerprint density at radius 1 is 0.957 bits per heavy atom. The van der Waals surface area contributed by atoms with Gasteiger partial charge in [0.25, 0.3) is 5.56 Å². The van der Waals surface area contributed by atoms with Gasteiger partial charge in [-0.1, -0.05) is 42.0 Å². The van der Waals surface area contributed by atoms with Gasteiger partial charge < -0.3 is 0 Å². The van der Waals surface area contributed by atoms with Crippen molar-refractivity contribution in [3.63, 3.8) is 0 Å². The van der Waals surface area contributed by atoms with Crippen LogP contribution in [0.2, 0.25) is 0 Å². The fourth-order valence-electron chi connectivity index (χ4n) is 2.84. The Kier molecular flexibility index (Phi) is 3.19. The molecule has 0 aliphatic heterocycles. The number of rotatable bonds is 2. The number of aromatic nitrogens is 2. The molecule has 0 saturated heterocycles. The Labute approximate surface area is 133 Å². The average Bonchev–Trinajstić information content (AvgIpc) is 2.57. The SMILES string of the molecule is Cc1ccc(Cc2ccn3c(=O)c4ccccc4nc3c2)cc1. The first-order chi connectivity index (χ1) is 11.2. The van der Waals surface area contributed by atoms with E-state index in [1.165, 1.54) is 11.1 Å². The zero-order valence-electron chi connectivity index (χ0n) is 12.9. The van der Waals surface area contributed by atoms with Crippen LogP contribution in [0, 0.1) is 6.92 Å². The Morgan fingerprint density at radius 3 is 2.57 bits per heavy atom. The quantitative estimate of drug-likeness (QED) is 0.528. The van der Waals surface area contributed by atoms with Crippen molar-refractivity contribution in [2.75, 3.05) is 0 Å². The highest BCUT2D eigenvalue weighted by Crippen LogP contribution is 2.14. The lowest BCUT2D eigenvalue weighted by molar-refractivity contribution is 1.05. The molecule has 0 fully saturated rings. The van der Waals surface area contributed by atoms with Crippen molar-refractivity contribution >= 4 is 16.6 Å². The summed E-state index contributed by atoms with van der Waals surface area (Å²) in [5.41, 5.74) is 5.07. The van der Waals surface area contributed by atoms with E-state index in [1.807, 2.05) is 42.6 Å². The first-order valence-electron chi connectivity index (χ1n) is 7.66. The molecular weight excluding hydrogens is 284 g/mol. The molecule has 0 atom stereocenters. The number of nitrogens with zero attached hydrogens (tertiary/aromatic N) is 2. The molecule has 23 heavy (non-hydrogen) atoms. The summed E-state index contributed by atoms with van der Waals surface area (Å²) in [5.74, 6) is 0. The molecule has 2 heterocycles. The number of fused-ring (bicyclic) bond motifs is 2. The van der Waals surface area contributed by atoms with Crippen molar-refractivity contribution in [3.8, 4) is 0 Å². The van der Waals surface area contributed by atoms with Crippen molar-refractivity contribution in [2.45, 2.75) is 13.3 Å². The Balaban J connectivity index is 1.82. The van der Waals surface area contributed by atoms with Crippen LogP contribution in [0.4, 0.5) is 0 Å². The van der Waals surface area contributed by atoms with Crippen LogP contribution in [-0.2, 0) is 6.42 Å². The molecule has 4 aromatic rings. The van der Waals surface area contributed by atoms with E-state index in [0.717, 1.165) is 17.5 Å². The van der Waals surface area contributed by atoms with Gasteiger partial charge in [0.2, 0.25) is 0 Å². The zero-order chi connectivity index (χ0) is 15.8. The Morgan fingerprint density at radius 2 is 1.74 bits per heavy atom. The summed E-state index contributed by atoms with van der Waals surface area (Å²) in [5, 5.41) is 0.649. The molecule has 112 valence electrons. The molecule has 0 unspecified atom stereocenters. The van der Waals surface area contributed by atoms with Crippen LogP contribution in [0.5, 0.6) is 0 Å². The Bertz CT molecular complexity index is 1060. The number of para-hydroxylation sites is 1. The van der Waals surface area contributed by atoms with Gasteiger partial charge in [0, 0.05) is 6.20 Å². The number of hydrogen-bond acceptors (Lipinski definition) is 2. The van der Waals surface area contributed by atoms with E-state index in [4.69, 9.17) is 0 Å². The van der Waals surface area contributed by atoms with Crippen LogP contribution < -0.4 is 5.56 Å². The monoisotopic (exact) mass is 300 g/mol. The maximum Gasteiger partial charge on any atom is 0.265 e. The summed E-state index contributed by atoms with van der Waals surface area (Å²) in [6, 6.07) is 20.0. The maximum absolute atomic E-state index is 12.5. The number of aryl methyl sites for hydroxylation is 1. The number of pyridine rings is 1. The van der Waals surface area contributed by atoms with Crippen LogP contribution >= 0.6 is 0 Å². The highest BCUT2D eigenvalue weighted by molar-refractivity contribution is 5.79. The topological polar surface area (TPSA) is 34.4 Å². The van der Waals surface area contributed by atoms with Crippen molar-refractivity contribution < 1.29 is 0 Å². The molecule has 3 nitrogen and oxygen atoms in total. The van der Waals surface area contributed by atoms with Crippen molar-refractivity contribution in [1.29, 1.82) is 0 Å². The van der Waals surface area contributed by atoms with E-state index < -0.39 is 0 Å². The molecule has 0 saturated carbocycles. The fourth-order valence-corrected chi connectivity index (χ4v) is 2.84. The molecule has 2 aromatic carbocycles. The maximum atomic E-state index is 12.5. The molecule has 2 aromatic heterocycles. The van der Waals surface area contributed by atoms with Crippen molar-refractivity contribution in [3.05, 3.63) is 93.9 Å². The Hall–Kier alpha value is -2.94. The molecule has 0 bridgehead atoms. The summed E-state index contributed by atoms with van der Waals surface area (Å²) in [6.45, 7) is 2.08. The number of benzene rings is 2. The smallest absolute Gasteiger partial charge is 0.265 e. The third-order valence-electron chi connectivity index (χ3n) is 4.12. The number of hydrogen-bond donors (Lipinski definition) is 0. The largest absolute Gasteiger partial charge is 0.268 e. The van der Waals surface area contributed by atoms with Gasteiger partial charge in [0.15, 0.2) is 0 Å². The lowest BCUT2D eigenvalue weighted by Gasteiger charge is -2.07. The van der Waals surface area contributed by atoms with E-state index in [0.29, 0.717) is 11.0 Å². The lowest BCUT2D eigenvalue weighted by atomic mass is 10.0. The fraction of sp³-hybridized carbons (Fsp3) is 0.100. The molecule has 0 amide bonds. The molecule has 0 N–H and O–H groups in total. The molecular formula is C20H16N2O. The molecule has 3 heteroatoms. The second-order valence-electron chi connectivity index (χ2n) is 5.86. The van der Waals surface area contributed by atoms with Crippen LogP contribution in [-0.4, -0.2) is 9.38 Å². The van der Waals surface area contributed by atoms with Crippen LogP contribution in [0.15, 0.2) is 71.7 Å². The molecule has 0 radical (unpaired) electrons. The zero-order valence-corrected chi connectivity index (χ0v) is 12.9. The van der Waals surface area contributed by atoms with Crippen molar-refractivity contribution in [1.82, 2.24) is 9.38 Å². The minimum Gasteiger partial charge on any atom is -0.268 e. The summed E-state index contributed by atoms with van der Waals surface area (Å²) >= 11 is 0.